The quantitative estimate of drug-likeness (QED) is 0.455. The molecular weight excluding hydrogens is 407 g/mol. The van der Waals surface area contributed by atoms with Crippen molar-refractivity contribution in [3.8, 4) is 0 Å². The number of nitrogens with zero attached hydrogens (tertiary/aromatic N) is 2. The number of imidazole rings is 1. The Bertz CT molecular complexity index is 903. The van der Waals surface area contributed by atoms with Gasteiger partial charge in [-0.3, -0.25) is 0 Å². The lowest BCUT2D eigenvalue weighted by molar-refractivity contribution is -0.218. The van der Waals surface area contributed by atoms with Crippen LogP contribution in [0.3, 0.4) is 0 Å². The molecule has 0 amide bonds. The Morgan fingerprint density at radius 3 is 2.76 bits per heavy atom. The van der Waals surface area contributed by atoms with Gasteiger partial charge in [0.1, 0.15) is 0 Å². The van der Waals surface area contributed by atoms with Gasteiger partial charge in [-0.05, 0) is 42.5 Å². The van der Waals surface area contributed by atoms with Gasteiger partial charge in [0, 0.05) is 35.4 Å². The molecule has 4 nitrogen and oxygen atoms in total. The van der Waals surface area contributed by atoms with E-state index in [1.807, 2.05) is 42.9 Å². The number of ether oxygens (including phenoxy) is 2. The highest BCUT2D eigenvalue weighted by Crippen LogP contribution is 2.32. The Morgan fingerprint density at radius 2 is 2.00 bits per heavy atom. The van der Waals surface area contributed by atoms with E-state index in [0.717, 1.165) is 36.9 Å². The molecule has 0 spiro atoms. The van der Waals surface area contributed by atoms with Crippen molar-refractivity contribution in [1.82, 2.24) is 9.55 Å². The van der Waals surface area contributed by atoms with Crippen LogP contribution in [0.15, 0.2) is 67.3 Å². The van der Waals surface area contributed by atoms with Crippen LogP contribution in [0, 0.1) is 0 Å². The van der Waals surface area contributed by atoms with Gasteiger partial charge in [-0.25, -0.2) is 4.98 Å². The standard InChI is InChI=1S/C23H24Cl2N2O2/c24-19-10-9-18(21(25)14-19)13-22(17-5-2-1-3-6-17)29-23-8-4-7-20(28-23)15-27-12-11-26-16-27/h1-3,5-6,9-12,14,16,20,22-23H,4,7-8,13,15H2/t20-,22?,23+/m1/s1. The molecule has 6 heteroatoms. The molecule has 0 aliphatic carbocycles. The van der Waals surface area contributed by atoms with Crippen molar-refractivity contribution in [3.63, 3.8) is 0 Å². The van der Waals surface area contributed by atoms with Crippen LogP contribution in [0.2, 0.25) is 10.0 Å². The molecule has 3 atom stereocenters. The summed E-state index contributed by atoms with van der Waals surface area (Å²) >= 11 is 12.5. The molecule has 2 heterocycles. The van der Waals surface area contributed by atoms with E-state index < -0.39 is 0 Å². The lowest BCUT2D eigenvalue weighted by Gasteiger charge is -2.33. The summed E-state index contributed by atoms with van der Waals surface area (Å²) in [5.74, 6) is 0. The van der Waals surface area contributed by atoms with Crippen molar-refractivity contribution < 1.29 is 9.47 Å². The number of hydrogen-bond donors (Lipinski definition) is 0. The van der Waals surface area contributed by atoms with E-state index in [1.165, 1.54) is 0 Å². The minimum absolute atomic E-state index is 0.124. The summed E-state index contributed by atoms with van der Waals surface area (Å²) in [4.78, 5) is 4.11. The van der Waals surface area contributed by atoms with Gasteiger partial charge < -0.3 is 14.0 Å². The molecule has 152 valence electrons. The van der Waals surface area contributed by atoms with Gasteiger partial charge in [0.2, 0.25) is 0 Å². The van der Waals surface area contributed by atoms with Gasteiger partial charge in [-0.2, -0.15) is 0 Å². The Hall–Kier alpha value is -1.85. The summed E-state index contributed by atoms with van der Waals surface area (Å²) in [5, 5.41) is 1.29. The third-order valence-corrected chi connectivity index (χ3v) is 5.78. The Labute approximate surface area is 181 Å². The minimum Gasteiger partial charge on any atom is -0.348 e. The van der Waals surface area contributed by atoms with Crippen LogP contribution in [0.1, 0.15) is 36.5 Å². The lowest BCUT2D eigenvalue weighted by atomic mass is 10.0. The average Bonchev–Trinajstić information content (AvgIpc) is 3.23. The number of aromatic nitrogens is 2. The fourth-order valence-electron chi connectivity index (χ4n) is 3.71. The average molecular weight is 431 g/mol. The molecule has 0 saturated carbocycles. The largest absolute Gasteiger partial charge is 0.348 e. The zero-order chi connectivity index (χ0) is 20.1. The first kappa shape index (κ1) is 20.4. The van der Waals surface area contributed by atoms with E-state index in [0.29, 0.717) is 16.5 Å². The van der Waals surface area contributed by atoms with Crippen LogP contribution in [0.4, 0.5) is 0 Å². The molecule has 3 aromatic rings. The van der Waals surface area contributed by atoms with Crippen LogP contribution in [0.25, 0.3) is 0 Å². The number of hydrogen-bond acceptors (Lipinski definition) is 3. The highest BCUT2D eigenvalue weighted by atomic mass is 35.5. The van der Waals surface area contributed by atoms with Crippen molar-refractivity contribution >= 4 is 23.2 Å². The summed E-state index contributed by atoms with van der Waals surface area (Å²) in [6.07, 6.45) is 8.96. The maximum Gasteiger partial charge on any atom is 0.158 e. The van der Waals surface area contributed by atoms with Crippen molar-refractivity contribution in [3.05, 3.63) is 88.4 Å². The first-order valence-electron chi connectivity index (χ1n) is 9.93. The first-order chi connectivity index (χ1) is 14.2. The fourth-order valence-corrected chi connectivity index (χ4v) is 4.20. The fraction of sp³-hybridized carbons (Fsp3) is 0.348. The zero-order valence-corrected chi connectivity index (χ0v) is 17.6. The van der Waals surface area contributed by atoms with Crippen LogP contribution >= 0.6 is 23.2 Å². The van der Waals surface area contributed by atoms with Gasteiger partial charge in [0.25, 0.3) is 0 Å². The Balaban J connectivity index is 1.47. The molecule has 1 fully saturated rings. The van der Waals surface area contributed by atoms with Gasteiger partial charge in [0.05, 0.1) is 18.5 Å². The van der Waals surface area contributed by atoms with Crippen molar-refractivity contribution in [2.24, 2.45) is 0 Å². The van der Waals surface area contributed by atoms with Gasteiger partial charge in [-0.1, -0.05) is 59.6 Å². The molecule has 1 saturated heterocycles. The minimum atomic E-state index is -0.242. The number of halogens is 2. The highest BCUT2D eigenvalue weighted by molar-refractivity contribution is 6.35. The molecule has 0 radical (unpaired) electrons. The maximum atomic E-state index is 6.48. The molecule has 1 unspecified atom stereocenters. The normalized spacial score (nSPS) is 20.5. The monoisotopic (exact) mass is 430 g/mol. The Morgan fingerprint density at radius 1 is 1.14 bits per heavy atom. The van der Waals surface area contributed by atoms with Crippen LogP contribution in [-0.4, -0.2) is 21.9 Å². The maximum absolute atomic E-state index is 6.48. The van der Waals surface area contributed by atoms with Crippen molar-refractivity contribution in [2.45, 2.75) is 50.7 Å². The van der Waals surface area contributed by atoms with E-state index in [9.17, 15) is 0 Å². The molecule has 1 aliphatic heterocycles. The smallest absolute Gasteiger partial charge is 0.158 e. The van der Waals surface area contributed by atoms with Gasteiger partial charge >= 0.3 is 0 Å². The van der Waals surface area contributed by atoms with Crippen LogP contribution in [0.5, 0.6) is 0 Å². The second-order valence-electron chi connectivity index (χ2n) is 7.35. The molecule has 1 aromatic heterocycles. The predicted octanol–water partition coefficient (Wildman–Crippen LogP) is 6.09. The second-order valence-corrected chi connectivity index (χ2v) is 8.20. The van der Waals surface area contributed by atoms with Crippen LogP contribution < -0.4 is 0 Å². The molecule has 1 aliphatic rings. The Kier molecular flexibility index (Phi) is 6.88. The number of benzene rings is 2. The molecule has 0 bridgehead atoms. The van der Waals surface area contributed by atoms with Crippen molar-refractivity contribution in [2.75, 3.05) is 0 Å². The van der Waals surface area contributed by atoms with Gasteiger partial charge in [-0.15, -0.1) is 0 Å². The lowest BCUT2D eigenvalue weighted by Crippen LogP contribution is -2.33. The van der Waals surface area contributed by atoms with Crippen molar-refractivity contribution in [1.29, 1.82) is 0 Å². The van der Waals surface area contributed by atoms with E-state index in [2.05, 4.69) is 21.7 Å². The molecule has 29 heavy (non-hydrogen) atoms. The van der Waals surface area contributed by atoms with Gasteiger partial charge in [0.15, 0.2) is 6.29 Å². The summed E-state index contributed by atoms with van der Waals surface area (Å²) < 4.78 is 14.8. The zero-order valence-electron chi connectivity index (χ0n) is 16.1. The summed E-state index contributed by atoms with van der Waals surface area (Å²) in [7, 11) is 0. The molecular formula is C23H24Cl2N2O2. The second kappa shape index (κ2) is 9.77. The third kappa shape index (κ3) is 5.61. The highest BCUT2D eigenvalue weighted by Gasteiger charge is 2.27. The molecule has 4 rings (SSSR count). The van der Waals surface area contributed by atoms with E-state index in [4.69, 9.17) is 32.7 Å². The summed E-state index contributed by atoms with van der Waals surface area (Å²) in [5.41, 5.74) is 2.12. The SMILES string of the molecule is Clc1ccc(CC(O[C@H]2CCC[C@H](Cn3ccnc3)O2)c2ccccc2)c(Cl)c1. The van der Waals surface area contributed by atoms with E-state index >= 15 is 0 Å². The predicted molar refractivity (Wildman–Crippen MR) is 115 cm³/mol. The van der Waals surface area contributed by atoms with E-state index in [-0.39, 0.29) is 18.5 Å². The summed E-state index contributed by atoms with van der Waals surface area (Å²) in [6, 6.07) is 15.8. The summed E-state index contributed by atoms with van der Waals surface area (Å²) in [6.45, 7) is 0.791. The molecule has 2 aromatic carbocycles. The molecule has 0 N–H and O–H groups in total. The third-order valence-electron chi connectivity index (χ3n) is 5.19. The van der Waals surface area contributed by atoms with E-state index in [1.54, 1.807) is 12.3 Å². The number of rotatable bonds is 7. The first-order valence-corrected chi connectivity index (χ1v) is 10.7. The topological polar surface area (TPSA) is 36.3 Å². The van der Waals surface area contributed by atoms with Crippen LogP contribution in [-0.2, 0) is 22.4 Å².